The first-order chi connectivity index (χ1) is 12.7. The number of hydrogen-bond acceptors (Lipinski definition) is 7. The number of nitrogen functional groups attached to an aromatic ring is 1. The van der Waals surface area contributed by atoms with Crippen molar-refractivity contribution in [1.29, 1.82) is 0 Å². The van der Waals surface area contributed by atoms with E-state index >= 15 is 0 Å². The first-order valence-corrected chi connectivity index (χ1v) is 9.46. The van der Waals surface area contributed by atoms with Gasteiger partial charge >= 0.3 is 0 Å². The molecule has 26 heavy (non-hydrogen) atoms. The fourth-order valence-electron chi connectivity index (χ4n) is 2.34. The van der Waals surface area contributed by atoms with Gasteiger partial charge < -0.3 is 10.4 Å². The molecule has 2 aromatic carbocycles. The minimum Gasteiger partial charge on any atom is -0.338 e. The van der Waals surface area contributed by atoms with Crippen LogP contribution >= 0.6 is 27.7 Å². The number of thioether (sulfide) groups is 1. The molecule has 7 nitrogen and oxygen atoms in total. The molecule has 0 aliphatic rings. The van der Waals surface area contributed by atoms with E-state index in [0.717, 1.165) is 15.6 Å². The zero-order valence-corrected chi connectivity index (χ0v) is 15.8. The summed E-state index contributed by atoms with van der Waals surface area (Å²) >= 11 is 4.82. The highest BCUT2D eigenvalue weighted by Gasteiger charge is 2.14. The van der Waals surface area contributed by atoms with E-state index in [2.05, 4.69) is 36.3 Å². The summed E-state index contributed by atoms with van der Waals surface area (Å²) in [5.41, 5.74) is 1.79. The van der Waals surface area contributed by atoms with E-state index < -0.39 is 0 Å². The molecule has 2 heterocycles. The second-order valence-electron chi connectivity index (χ2n) is 5.35. The molecule has 0 saturated carbocycles. The number of aromatic nitrogens is 5. The highest BCUT2D eigenvalue weighted by molar-refractivity contribution is 9.10. The van der Waals surface area contributed by atoms with Crippen LogP contribution in [0.15, 0.2) is 68.7 Å². The fourth-order valence-corrected chi connectivity index (χ4v) is 3.44. The molecular weight excluding hydrogens is 416 g/mol. The number of benzene rings is 2. The van der Waals surface area contributed by atoms with E-state index in [9.17, 15) is 0 Å². The Hall–Kier alpha value is -2.65. The van der Waals surface area contributed by atoms with Gasteiger partial charge in [-0.05, 0) is 12.1 Å². The first-order valence-electron chi connectivity index (χ1n) is 7.68. The van der Waals surface area contributed by atoms with Gasteiger partial charge in [0.2, 0.25) is 16.9 Å². The maximum atomic E-state index is 6.11. The van der Waals surface area contributed by atoms with Crippen LogP contribution in [0.1, 0.15) is 5.89 Å². The average molecular weight is 429 g/mol. The normalized spacial score (nSPS) is 11.0. The Morgan fingerprint density at radius 3 is 2.65 bits per heavy atom. The zero-order valence-electron chi connectivity index (χ0n) is 13.4. The van der Waals surface area contributed by atoms with Crippen LogP contribution in [-0.4, -0.2) is 25.0 Å². The molecule has 2 N–H and O–H groups in total. The maximum Gasteiger partial charge on any atom is 0.237 e. The molecule has 0 atom stereocenters. The molecule has 0 fully saturated rings. The van der Waals surface area contributed by atoms with Crippen molar-refractivity contribution in [1.82, 2.24) is 25.0 Å². The Labute approximate surface area is 161 Å². The zero-order chi connectivity index (χ0) is 17.9. The van der Waals surface area contributed by atoms with Crippen LogP contribution in [0.5, 0.6) is 0 Å². The lowest BCUT2D eigenvalue weighted by molar-refractivity contribution is 0.391. The van der Waals surface area contributed by atoms with Gasteiger partial charge in [-0.15, -0.1) is 10.2 Å². The van der Waals surface area contributed by atoms with Crippen molar-refractivity contribution in [2.75, 3.05) is 5.84 Å². The van der Waals surface area contributed by atoms with Crippen molar-refractivity contribution in [3.8, 4) is 22.8 Å². The van der Waals surface area contributed by atoms with Gasteiger partial charge in [-0.25, -0.2) is 4.68 Å². The molecule has 0 saturated heterocycles. The Morgan fingerprint density at radius 1 is 1.04 bits per heavy atom. The lowest BCUT2D eigenvalue weighted by Gasteiger charge is -2.02. The van der Waals surface area contributed by atoms with E-state index in [0.29, 0.717) is 28.4 Å². The smallest absolute Gasteiger partial charge is 0.237 e. The predicted molar refractivity (Wildman–Crippen MR) is 103 cm³/mol. The molecule has 130 valence electrons. The summed E-state index contributed by atoms with van der Waals surface area (Å²) in [6, 6.07) is 17.4. The van der Waals surface area contributed by atoms with Crippen LogP contribution in [0.25, 0.3) is 22.8 Å². The van der Waals surface area contributed by atoms with Crippen LogP contribution < -0.4 is 5.84 Å². The molecule has 0 amide bonds. The standard InChI is InChI=1S/C17H13BrN6OS/c18-13-8-4-7-12(9-13)15-20-14(25-23-15)10-26-17-22-21-16(24(17)19)11-5-2-1-3-6-11/h1-9H,10,19H2. The number of nitrogens with zero attached hydrogens (tertiary/aromatic N) is 5. The van der Waals surface area contributed by atoms with Crippen molar-refractivity contribution in [3.05, 3.63) is 65.0 Å². The van der Waals surface area contributed by atoms with Crippen LogP contribution in [0, 0.1) is 0 Å². The molecule has 0 spiro atoms. The van der Waals surface area contributed by atoms with Crippen LogP contribution in [0.3, 0.4) is 0 Å². The quantitative estimate of drug-likeness (QED) is 0.381. The van der Waals surface area contributed by atoms with E-state index in [1.54, 1.807) is 0 Å². The molecule has 0 aliphatic carbocycles. The topological polar surface area (TPSA) is 95.7 Å². The van der Waals surface area contributed by atoms with E-state index in [1.165, 1.54) is 16.4 Å². The van der Waals surface area contributed by atoms with Crippen molar-refractivity contribution in [3.63, 3.8) is 0 Å². The molecule has 4 aromatic rings. The lowest BCUT2D eigenvalue weighted by Crippen LogP contribution is -2.11. The second kappa shape index (κ2) is 7.30. The van der Waals surface area contributed by atoms with Gasteiger partial charge in [0.15, 0.2) is 5.82 Å². The average Bonchev–Trinajstić information content (AvgIpc) is 3.28. The number of rotatable bonds is 5. The van der Waals surface area contributed by atoms with Crippen molar-refractivity contribution in [2.45, 2.75) is 10.9 Å². The number of hydrogen-bond donors (Lipinski definition) is 1. The molecular formula is C17H13BrN6OS. The van der Waals surface area contributed by atoms with Gasteiger partial charge in [0, 0.05) is 15.6 Å². The largest absolute Gasteiger partial charge is 0.338 e. The Bertz CT molecular complexity index is 1030. The van der Waals surface area contributed by atoms with Crippen LogP contribution in [0.4, 0.5) is 0 Å². The SMILES string of the molecule is Nn1c(SCc2nc(-c3cccc(Br)c3)no2)nnc1-c1ccccc1. The van der Waals surface area contributed by atoms with E-state index in [4.69, 9.17) is 10.4 Å². The molecule has 0 aliphatic heterocycles. The summed E-state index contributed by atoms with van der Waals surface area (Å²) in [5.74, 6) is 8.20. The molecule has 9 heteroatoms. The fraction of sp³-hybridized carbons (Fsp3) is 0.0588. The second-order valence-corrected chi connectivity index (χ2v) is 7.21. The number of nitrogens with two attached hydrogens (primary N) is 1. The van der Waals surface area contributed by atoms with Gasteiger partial charge in [0.25, 0.3) is 0 Å². The molecule has 0 radical (unpaired) electrons. The van der Waals surface area contributed by atoms with Crippen LogP contribution in [0.2, 0.25) is 0 Å². The van der Waals surface area contributed by atoms with Gasteiger partial charge in [0.1, 0.15) is 0 Å². The lowest BCUT2D eigenvalue weighted by atomic mass is 10.2. The minimum absolute atomic E-state index is 0.450. The van der Waals surface area contributed by atoms with Crippen molar-refractivity contribution >= 4 is 27.7 Å². The third kappa shape index (κ3) is 3.49. The van der Waals surface area contributed by atoms with Crippen molar-refractivity contribution < 1.29 is 4.52 Å². The monoisotopic (exact) mass is 428 g/mol. The Kier molecular flexibility index (Phi) is 4.72. The third-order valence-electron chi connectivity index (χ3n) is 3.57. The predicted octanol–water partition coefficient (Wildman–Crippen LogP) is 3.76. The highest BCUT2D eigenvalue weighted by Crippen LogP contribution is 2.25. The van der Waals surface area contributed by atoms with Gasteiger partial charge in [-0.3, -0.25) is 0 Å². The van der Waals surface area contributed by atoms with Crippen molar-refractivity contribution in [2.24, 2.45) is 0 Å². The van der Waals surface area contributed by atoms with Gasteiger partial charge in [-0.2, -0.15) is 4.98 Å². The molecule has 4 rings (SSSR count). The summed E-state index contributed by atoms with van der Waals surface area (Å²) in [4.78, 5) is 4.41. The van der Waals surface area contributed by atoms with Gasteiger partial charge in [0.05, 0.1) is 5.75 Å². The molecule has 0 unspecified atom stereocenters. The minimum atomic E-state index is 0.450. The molecule has 0 bridgehead atoms. The summed E-state index contributed by atoms with van der Waals surface area (Å²) < 4.78 is 7.74. The Morgan fingerprint density at radius 2 is 1.85 bits per heavy atom. The summed E-state index contributed by atoms with van der Waals surface area (Å²) in [6.45, 7) is 0. The third-order valence-corrected chi connectivity index (χ3v) is 4.99. The molecule has 2 aromatic heterocycles. The number of halogens is 1. The Balaban J connectivity index is 1.48. The van der Waals surface area contributed by atoms with E-state index in [-0.39, 0.29) is 0 Å². The van der Waals surface area contributed by atoms with Gasteiger partial charge in [-0.1, -0.05) is 75.3 Å². The summed E-state index contributed by atoms with van der Waals surface area (Å²) in [7, 11) is 0. The summed E-state index contributed by atoms with van der Waals surface area (Å²) in [6.07, 6.45) is 0. The summed E-state index contributed by atoms with van der Waals surface area (Å²) in [5, 5.41) is 12.9. The van der Waals surface area contributed by atoms with E-state index in [1.807, 2.05) is 54.6 Å². The first kappa shape index (κ1) is 16.8. The highest BCUT2D eigenvalue weighted by atomic mass is 79.9. The maximum absolute atomic E-state index is 6.11. The van der Waals surface area contributed by atoms with Crippen LogP contribution in [-0.2, 0) is 5.75 Å².